The monoisotopic (exact) mass is 284 g/mol. The number of benzene rings is 1. The number of methoxy groups -OCH3 is 1. The highest BCUT2D eigenvalue weighted by atomic mass is 16.5. The third-order valence-electron chi connectivity index (χ3n) is 3.37. The van der Waals surface area contributed by atoms with E-state index >= 15 is 0 Å². The SMILES string of the molecule is COc1ccc(C(N)c2nc(-c3ccoc3C)n[nH]2)cc1. The molecule has 0 fully saturated rings. The average Bonchev–Trinajstić information content (AvgIpc) is 3.15. The normalized spacial score (nSPS) is 12.3. The summed E-state index contributed by atoms with van der Waals surface area (Å²) in [6.45, 7) is 1.87. The van der Waals surface area contributed by atoms with Crippen LogP contribution >= 0.6 is 0 Å². The van der Waals surface area contributed by atoms with E-state index in [1.807, 2.05) is 37.3 Å². The molecule has 3 N–H and O–H groups in total. The zero-order chi connectivity index (χ0) is 14.8. The third-order valence-corrected chi connectivity index (χ3v) is 3.37. The van der Waals surface area contributed by atoms with Crippen molar-refractivity contribution >= 4 is 0 Å². The van der Waals surface area contributed by atoms with Gasteiger partial charge in [0.25, 0.3) is 0 Å². The lowest BCUT2D eigenvalue weighted by Gasteiger charge is -2.09. The van der Waals surface area contributed by atoms with Crippen LogP contribution in [0.25, 0.3) is 11.4 Å². The van der Waals surface area contributed by atoms with E-state index < -0.39 is 0 Å². The Morgan fingerprint density at radius 2 is 2.00 bits per heavy atom. The summed E-state index contributed by atoms with van der Waals surface area (Å²) in [5.74, 6) is 2.76. The molecule has 0 spiro atoms. The van der Waals surface area contributed by atoms with Crippen LogP contribution in [0.1, 0.15) is 23.2 Å². The van der Waals surface area contributed by atoms with Gasteiger partial charge >= 0.3 is 0 Å². The number of ether oxygens (including phenoxy) is 1. The second-order valence-corrected chi connectivity index (χ2v) is 4.69. The van der Waals surface area contributed by atoms with E-state index in [1.165, 1.54) is 0 Å². The first-order valence-corrected chi connectivity index (χ1v) is 6.55. The summed E-state index contributed by atoms with van der Waals surface area (Å²) in [5.41, 5.74) is 8.01. The summed E-state index contributed by atoms with van der Waals surface area (Å²) in [7, 11) is 1.63. The first kappa shape index (κ1) is 13.4. The molecule has 1 unspecified atom stereocenters. The summed E-state index contributed by atoms with van der Waals surface area (Å²) in [5, 5.41) is 7.09. The van der Waals surface area contributed by atoms with Gasteiger partial charge in [-0.05, 0) is 30.7 Å². The van der Waals surface area contributed by atoms with Crippen LogP contribution in [0.2, 0.25) is 0 Å². The Hall–Kier alpha value is -2.60. The topological polar surface area (TPSA) is 90.0 Å². The van der Waals surface area contributed by atoms with Crippen LogP contribution in [0.4, 0.5) is 0 Å². The lowest BCUT2D eigenvalue weighted by atomic mass is 10.1. The van der Waals surface area contributed by atoms with Gasteiger partial charge in [0.15, 0.2) is 5.82 Å². The number of aromatic nitrogens is 3. The number of nitrogens with one attached hydrogen (secondary N) is 1. The Morgan fingerprint density at radius 1 is 1.24 bits per heavy atom. The van der Waals surface area contributed by atoms with Crippen LogP contribution in [0, 0.1) is 6.92 Å². The van der Waals surface area contributed by atoms with Crippen LogP contribution in [-0.4, -0.2) is 22.3 Å². The Kier molecular flexibility index (Phi) is 3.45. The number of aryl methyl sites for hydroxylation is 1. The Bertz CT molecular complexity index is 730. The first-order valence-electron chi connectivity index (χ1n) is 6.55. The molecule has 3 rings (SSSR count). The quantitative estimate of drug-likeness (QED) is 0.768. The lowest BCUT2D eigenvalue weighted by molar-refractivity contribution is 0.414. The molecule has 0 radical (unpaired) electrons. The largest absolute Gasteiger partial charge is 0.497 e. The fourth-order valence-electron chi connectivity index (χ4n) is 2.12. The smallest absolute Gasteiger partial charge is 0.184 e. The van der Waals surface area contributed by atoms with Gasteiger partial charge in [0.05, 0.1) is 25.0 Å². The minimum atomic E-state index is -0.371. The van der Waals surface area contributed by atoms with E-state index in [2.05, 4.69) is 15.2 Å². The molecule has 0 aliphatic carbocycles. The molecule has 1 aromatic carbocycles. The van der Waals surface area contributed by atoms with Gasteiger partial charge in [-0.3, -0.25) is 5.10 Å². The van der Waals surface area contributed by atoms with Gasteiger partial charge in [-0.15, -0.1) is 0 Å². The zero-order valence-electron chi connectivity index (χ0n) is 11.8. The minimum absolute atomic E-state index is 0.371. The van der Waals surface area contributed by atoms with Gasteiger partial charge in [-0.2, -0.15) is 5.10 Å². The van der Waals surface area contributed by atoms with Crippen molar-refractivity contribution in [2.45, 2.75) is 13.0 Å². The zero-order valence-corrected chi connectivity index (χ0v) is 11.8. The van der Waals surface area contributed by atoms with Crippen molar-refractivity contribution in [1.82, 2.24) is 15.2 Å². The maximum atomic E-state index is 6.21. The van der Waals surface area contributed by atoms with Crippen molar-refractivity contribution in [3.63, 3.8) is 0 Å². The molecule has 3 aromatic rings. The van der Waals surface area contributed by atoms with Crippen molar-refractivity contribution in [1.29, 1.82) is 0 Å². The first-order chi connectivity index (χ1) is 10.2. The van der Waals surface area contributed by atoms with E-state index in [0.717, 1.165) is 22.6 Å². The van der Waals surface area contributed by atoms with E-state index in [0.29, 0.717) is 11.6 Å². The van der Waals surface area contributed by atoms with Crippen molar-refractivity contribution in [3.05, 3.63) is 53.7 Å². The number of furan rings is 1. The lowest BCUT2D eigenvalue weighted by Crippen LogP contribution is -2.13. The molecular weight excluding hydrogens is 268 g/mol. The van der Waals surface area contributed by atoms with Crippen molar-refractivity contribution < 1.29 is 9.15 Å². The Balaban J connectivity index is 1.86. The maximum absolute atomic E-state index is 6.21. The van der Waals surface area contributed by atoms with E-state index in [-0.39, 0.29) is 6.04 Å². The molecule has 1 atom stereocenters. The van der Waals surface area contributed by atoms with E-state index in [1.54, 1.807) is 13.4 Å². The van der Waals surface area contributed by atoms with Crippen molar-refractivity contribution in [2.24, 2.45) is 5.73 Å². The molecule has 0 bridgehead atoms. The molecule has 21 heavy (non-hydrogen) atoms. The summed E-state index contributed by atoms with van der Waals surface area (Å²) in [4.78, 5) is 4.45. The maximum Gasteiger partial charge on any atom is 0.184 e. The van der Waals surface area contributed by atoms with Gasteiger partial charge in [0.1, 0.15) is 17.3 Å². The summed E-state index contributed by atoms with van der Waals surface area (Å²) >= 11 is 0. The second kappa shape index (κ2) is 5.41. The van der Waals surface area contributed by atoms with Crippen LogP contribution < -0.4 is 10.5 Å². The highest BCUT2D eigenvalue weighted by Crippen LogP contribution is 2.24. The fourth-order valence-corrected chi connectivity index (χ4v) is 2.12. The highest BCUT2D eigenvalue weighted by molar-refractivity contribution is 5.56. The predicted octanol–water partition coefficient (Wildman–Crippen LogP) is 2.43. The van der Waals surface area contributed by atoms with Gasteiger partial charge in [-0.25, -0.2) is 4.98 Å². The molecule has 2 heterocycles. The Morgan fingerprint density at radius 3 is 2.62 bits per heavy atom. The number of aromatic amines is 1. The third kappa shape index (κ3) is 2.53. The molecular formula is C15H16N4O2. The van der Waals surface area contributed by atoms with Gasteiger partial charge in [-0.1, -0.05) is 12.1 Å². The van der Waals surface area contributed by atoms with Gasteiger partial charge < -0.3 is 14.9 Å². The van der Waals surface area contributed by atoms with Crippen LogP contribution in [0.3, 0.4) is 0 Å². The minimum Gasteiger partial charge on any atom is -0.497 e. The number of nitrogens with zero attached hydrogens (tertiary/aromatic N) is 2. The average molecular weight is 284 g/mol. The van der Waals surface area contributed by atoms with Gasteiger partial charge in [0.2, 0.25) is 0 Å². The molecule has 6 nitrogen and oxygen atoms in total. The molecule has 0 aliphatic heterocycles. The van der Waals surface area contributed by atoms with Crippen LogP contribution in [0.5, 0.6) is 5.75 Å². The highest BCUT2D eigenvalue weighted by Gasteiger charge is 2.16. The number of H-pyrrole nitrogens is 1. The number of rotatable bonds is 4. The fraction of sp³-hybridized carbons (Fsp3) is 0.200. The van der Waals surface area contributed by atoms with Crippen LogP contribution in [-0.2, 0) is 0 Å². The van der Waals surface area contributed by atoms with Crippen molar-refractivity contribution in [3.8, 4) is 17.1 Å². The number of hydrogen-bond acceptors (Lipinski definition) is 5. The molecule has 0 saturated carbocycles. The molecule has 2 aromatic heterocycles. The standard InChI is InChI=1S/C15H16N4O2/c1-9-12(7-8-21-9)14-17-15(19-18-14)13(16)10-3-5-11(20-2)6-4-10/h3-8,13H,16H2,1-2H3,(H,17,18,19). The number of hydrogen-bond donors (Lipinski definition) is 2. The molecule has 0 amide bonds. The predicted molar refractivity (Wildman–Crippen MR) is 77.8 cm³/mol. The molecule has 0 saturated heterocycles. The summed E-state index contributed by atoms with van der Waals surface area (Å²) in [6.07, 6.45) is 1.62. The van der Waals surface area contributed by atoms with Crippen LogP contribution in [0.15, 0.2) is 41.0 Å². The second-order valence-electron chi connectivity index (χ2n) is 4.69. The van der Waals surface area contributed by atoms with E-state index in [9.17, 15) is 0 Å². The number of nitrogens with two attached hydrogens (primary N) is 1. The summed E-state index contributed by atoms with van der Waals surface area (Å²) < 4.78 is 10.4. The van der Waals surface area contributed by atoms with Crippen molar-refractivity contribution in [2.75, 3.05) is 7.11 Å². The molecule has 108 valence electrons. The van der Waals surface area contributed by atoms with E-state index in [4.69, 9.17) is 14.9 Å². The summed E-state index contributed by atoms with van der Waals surface area (Å²) in [6, 6.07) is 9.02. The molecule has 0 aliphatic rings. The Labute approximate surface area is 122 Å². The molecule has 6 heteroatoms. The van der Waals surface area contributed by atoms with Gasteiger partial charge in [0, 0.05) is 0 Å².